The molecule has 43 heavy (non-hydrogen) atoms. The van der Waals surface area contributed by atoms with Gasteiger partial charge in [-0.3, -0.25) is 9.48 Å². The first kappa shape index (κ1) is 31.1. The second-order valence-corrected chi connectivity index (χ2v) is 14.3. The number of hydrogen-bond acceptors (Lipinski definition) is 6. The number of pyridine rings is 1. The SMILES string of the molecule is Cn1nc(N[S+](C)[O-])c2c(Cl)ccc(-c3ccc(C#CC(C)(C)SC4CC4)nc3C(Cc3cc(F)cc(F)c3)NC=O)c21. The van der Waals surface area contributed by atoms with Gasteiger partial charge in [0.2, 0.25) is 12.2 Å². The molecule has 4 aromatic rings. The topological polar surface area (TPSA) is 94.9 Å². The molecule has 2 heterocycles. The number of halogens is 3. The van der Waals surface area contributed by atoms with E-state index in [2.05, 4.69) is 40.8 Å². The zero-order valence-corrected chi connectivity index (χ0v) is 26.4. The van der Waals surface area contributed by atoms with Crippen LogP contribution in [-0.2, 0) is 29.6 Å². The minimum atomic E-state index is -1.40. The van der Waals surface area contributed by atoms with Crippen molar-refractivity contribution in [1.82, 2.24) is 20.1 Å². The Kier molecular flexibility index (Phi) is 9.23. The number of hydrogen-bond donors (Lipinski definition) is 2. The molecule has 2 aromatic heterocycles. The van der Waals surface area contributed by atoms with Gasteiger partial charge in [-0.05, 0) is 74.9 Å². The summed E-state index contributed by atoms with van der Waals surface area (Å²) in [6.45, 7) is 4.16. The minimum absolute atomic E-state index is 0.0665. The van der Waals surface area contributed by atoms with E-state index >= 15 is 0 Å². The molecule has 2 atom stereocenters. The molecule has 2 aromatic carbocycles. The summed E-state index contributed by atoms with van der Waals surface area (Å²) in [4.78, 5) is 16.7. The normalized spacial score (nSPS) is 14.6. The smallest absolute Gasteiger partial charge is 0.207 e. The molecule has 0 spiro atoms. The second kappa shape index (κ2) is 12.7. The molecule has 1 aliphatic carbocycles. The molecule has 7 nitrogen and oxygen atoms in total. The Labute approximate surface area is 261 Å². The Balaban J connectivity index is 1.68. The maximum atomic E-state index is 14.1. The number of carbonyl (C=O) groups is 1. The minimum Gasteiger partial charge on any atom is -0.593 e. The number of aromatic nitrogens is 3. The highest BCUT2D eigenvalue weighted by Crippen LogP contribution is 2.42. The number of rotatable bonds is 10. The Morgan fingerprint density at radius 1 is 1.21 bits per heavy atom. The van der Waals surface area contributed by atoms with Gasteiger partial charge in [0.05, 0.1) is 43.8 Å². The van der Waals surface area contributed by atoms with Crippen LogP contribution in [0.1, 0.15) is 49.7 Å². The van der Waals surface area contributed by atoms with Gasteiger partial charge >= 0.3 is 0 Å². The predicted octanol–water partition coefficient (Wildman–Crippen LogP) is 6.33. The van der Waals surface area contributed by atoms with Crippen LogP contribution in [-0.4, -0.2) is 42.0 Å². The number of carbonyl (C=O) groups excluding carboxylic acids is 1. The fourth-order valence-corrected chi connectivity index (χ4v) is 6.94. The quantitative estimate of drug-likeness (QED) is 0.119. The van der Waals surface area contributed by atoms with Gasteiger partial charge in [-0.1, -0.05) is 23.6 Å². The molecule has 2 N–H and O–H groups in total. The molecule has 224 valence electrons. The molecule has 0 bridgehead atoms. The van der Waals surface area contributed by atoms with E-state index in [1.54, 1.807) is 23.9 Å². The molecule has 0 aliphatic heterocycles. The maximum Gasteiger partial charge on any atom is 0.207 e. The third kappa shape index (κ3) is 7.44. The van der Waals surface area contributed by atoms with Crippen LogP contribution in [0.3, 0.4) is 0 Å². The number of fused-ring (bicyclic) bond motifs is 1. The van der Waals surface area contributed by atoms with E-state index in [1.165, 1.54) is 31.2 Å². The molecular weight excluding hydrogens is 612 g/mol. The van der Waals surface area contributed by atoms with Gasteiger partial charge in [-0.25, -0.2) is 13.8 Å². The average molecular weight is 642 g/mol. The van der Waals surface area contributed by atoms with Crippen molar-refractivity contribution < 1.29 is 18.1 Å². The summed E-state index contributed by atoms with van der Waals surface area (Å²) in [6, 6.07) is 9.70. The van der Waals surface area contributed by atoms with Gasteiger partial charge in [-0.2, -0.15) is 9.82 Å². The number of nitrogens with zero attached hydrogens (tertiary/aromatic N) is 3. The predicted molar refractivity (Wildman–Crippen MR) is 170 cm³/mol. The third-order valence-electron chi connectivity index (χ3n) is 6.83. The molecule has 1 saturated carbocycles. The lowest BCUT2D eigenvalue weighted by Crippen LogP contribution is -2.24. The van der Waals surface area contributed by atoms with Crippen molar-refractivity contribution in [3.63, 3.8) is 0 Å². The highest BCUT2D eigenvalue weighted by atomic mass is 35.5. The summed E-state index contributed by atoms with van der Waals surface area (Å²) in [6.07, 6.45) is 4.50. The lowest BCUT2D eigenvalue weighted by Gasteiger charge is -2.21. The van der Waals surface area contributed by atoms with E-state index < -0.39 is 29.0 Å². The molecule has 2 unspecified atom stereocenters. The van der Waals surface area contributed by atoms with Gasteiger partial charge in [0, 0.05) is 29.5 Å². The zero-order chi connectivity index (χ0) is 30.9. The lowest BCUT2D eigenvalue weighted by atomic mass is 9.94. The van der Waals surface area contributed by atoms with Crippen LogP contribution in [0, 0.1) is 23.5 Å². The maximum absolute atomic E-state index is 14.1. The molecule has 0 saturated heterocycles. The van der Waals surface area contributed by atoms with Crippen LogP contribution in [0.2, 0.25) is 5.02 Å². The van der Waals surface area contributed by atoms with Gasteiger partial charge in [0.25, 0.3) is 0 Å². The lowest BCUT2D eigenvalue weighted by molar-refractivity contribution is -0.110. The van der Waals surface area contributed by atoms with Crippen LogP contribution >= 0.6 is 23.4 Å². The van der Waals surface area contributed by atoms with Crippen LogP contribution in [0.25, 0.3) is 22.0 Å². The first-order valence-corrected chi connectivity index (χ1v) is 16.4. The van der Waals surface area contributed by atoms with Crippen LogP contribution in [0.15, 0.2) is 42.5 Å². The molecule has 1 amide bonds. The van der Waals surface area contributed by atoms with Gasteiger partial charge in [0.1, 0.15) is 23.6 Å². The summed E-state index contributed by atoms with van der Waals surface area (Å²) < 4.78 is 44.4. The zero-order valence-electron chi connectivity index (χ0n) is 24.0. The number of thioether (sulfide) groups is 1. The van der Waals surface area contributed by atoms with Crippen molar-refractivity contribution in [2.24, 2.45) is 7.05 Å². The summed E-state index contributed by atoms with van der Waals surface area (Å²) in [5.74, 6) is 5.45. The Morgan fingerprint density at radius 2 is 1.91 bits per heavy atom. The van der Waals surface area contributed by atoms with Crippen LogP contribution in [0.5, 0.6) is 0 Å². The summed E-state index contributed by atoms with van der Waals surface area (Å²) in [5.41, 5.74) is 3.27. The average Bonchev–Trinajstić information content (AvgIpc) is 3.67. The molecular formula is C31H30ClF2N5O2S2. The highest BCUT2D eigenvalue weighted by molar-refractivity contribution is 8.01. The van der Waals surface area contributed by atoms with Crippen molar-refractivity contribution in [3.8, 4) is 23.0 Å². The highest BCUT2D eigenvalue weighted by Gasteiger charge is 2.30. The van der Waals surface area contributed by atoms with E-state index in [0.29, 0.717) is 61.5 Å². The molecule has 12 heteroatoms. The van der Waals surface area contributed by atoms with E-state index in [4.69, 9.17) is 16.6 Å². The van der Waals surface area contributed by atoms with Crippen molar-refractivity contribution in [2.45, 2.75) is 49.1 Å². The molecule has 1 fully saturated rings. The van der Waals surface area contributed by atoms with E-state index in [9.17, 15) is 18.1 Å². The van der Waals surface area contributed by atoms with Crippen molar-refractivity contribution >= 4 is 57.9 Å². The molecule has 5 rings (SSSR count). The number of aryl methyl sites for hydroxylation is 1. The number of benzene rings is 2. The van der Waals surface area contributed by atoms with Crippen molar-refractivity contribution in [1.29, 1.82) is 0 Å². The van der Waals surface area contributed by atoms with Gasteiger partial charge in [0.15, 0.2) is 0 Å². The number of anilines is 1. The second-order valence-electron chi connectivity index (χ2n) is 10.9. The first-order chi connectivity index (χ1) is 20.4. The van der Waals surface area contributed by atoms with E-state index in [0.717, 1.165) is 6.07 Å². The Hall–Kier alpha value is -3.30. The largest absolute Gasteiger partial charge is 0.593 e. The molecule has 0 radical (unpaired) electrons. The number of amides is 1. The Morgan fingerprint density at radius 3 is 2.56 bits per heavy atom. The number of nitrogens with one attached hydrogen (secondary N) is 2. The van der Waals surface area contributed by atoms with Crippen molar-refractivity contribution in [2.75, 3.05) is 11.0 Å². The van der Waals surface area contributed by atoms with Gasteiger partial charge in [-0.15, -0.1) is 11.8 Å². The monoisotopic (exact) mass is 641 g/mol. The third-order valence-corrected chi connectivity index (χ3v) is 9.12. The molecule has 1 aliphatic rings. The van der Waals surface area contributed by atoms with Crippen LogP contribution < -0.4 is 10.0 Å². The van der Waals surface area contributed by atoms with E-state index in [1.807, 2.05) is 23.9 Å². The fraction of sp³-hybridized carbons (Fsp3) is 0.323. The fourth-order valence-electron chi connectivity index (χ4n) is 4.97. The Bertz CT molecular complexity index is 1730. The van der Waals surface area contributed by atoms with Gasteiger partial charge < -0.3 is 9.87 Å². The van der Waals surface area contributed by atoms with Crippen LogP contribution in [0.4, 0.5) is 14.6 Å². The van der Waals surface area contributed by atoms with E-state index in [-0.39, 0.29) is 11.2 Å². The standard InChI is InChI=1S/C31H30ClF2N5O2S2/c1-31(2,42-22-6-7-22)12-11-21-5-8-23(24-9-10-25(32)27-29(24)39(3)37-30(27)38-43(4)41)28(36-21)26(35-17-40)15-18-13-19(33)16-20(34)14-18/h5,8-10,13-14,16-17,22,26H,6-7,15H2,1-4H3,(H,35,40)(H,37,38). The summed E-state index contributed by atoms with van der Waals surface area (Å²) >= 11 is 7.04. The first-order valence-electron chi connectivity index (χ1n) is 13.6. The summed E-state index contributed by atoms with van der Waals surface area (Å²) in [5, 5.41) is 8.90. The summed E-state index contributed by atoms with van der Waals surface area (Å²) in [7, 11) is 1.75. The van der Waals surface area contributed by atoms with Crippen molar-refractivity contribution in [3.05, 3.63) is 76.1 Å².